The number of aliphatic hydroxyl groups excluding tert-OH is 23. The molecule has 0 aromatic heterocycles. The van der Waals surface area contributed by atoms with Crippen molar-refractivity contribution in [2.75, 3.05) is 52.9 Å². The van der Waals surface area contributed by atoms with Gasteiger partial charge in [0.25, 0.3) is 0 Å². The van der Waals surface area contributed by atoms with Gasteiger partial charge in [-0.15, -0.1) is 0 Å². The molecule has 0 aromatic carbocycles. The van der Waals surface area contributed by atoms with E-state index in [0.29, 0.717) is 0 Å². The zero-order chi connectivity index (χ0) is 72.6. The Hall–Kier alpha value is -3.40. The van der Waals surface area contributed by atoms with Crippen molar-refractivity contribution in [1.82, 2.24) is 16.0 Å². The molecule has 44 heteroatoms. The Balaban J connectivity index is 1.10. The number of carbonyl (C=O) groups is 4. The van der Waals surface area contributed by atoms with E-state index in [2.05, 4.69) is 16.0 Å². The van der Waals surface area contributed by atoms with Gasteiger partial charge in [-0.3, -0.25) is 14.4 Å². The van der Waals surface area contributed by atoms with Crippen LogP contribution in [0.2, 0.25) is 0 Å². The third kappa shape index (κ3) is 18.2. The number of carbonyl (C=O) groups excluding carboxylic acids is 4. The summed E-state index contributed by atoms with van der Waals surface area (Å²) in [5, 5.41) is 257. The third-order valence-electron chi connectivity index (χ3n) is 17.4. The predicted octanol–water partition coefficient (Wildman–Crippen LogP) is -18.2. The Labute approximate surface area is 554 Å². The molecule has 7 fully saturated rings. The van der Waals surface area contributed by atoms with Crippen LogP contribution in [-0.4, -0.2) is 433 Å². The predicted molar refractivity (Wildman–Crippen MR) is 300 cm³/mol. The molecular formula is C54H91N3O41. The smallest absolute Gasteiger partial charge is 0.217 e. The normalized spacial score (nSPS) is 46.1. The van der Waals surface area contributed by atoms with Crippen molar-refractivity contribution in [3.05, 3.63) is 0 Å². The largest absolute Gasteiger partial charge is 0.394 e. The minimum absolute atomic E-state index is 0.155. The lowest BCUT2D eigenvalue weighted by Crippen LogP contribution is -2.71. The molecule has 568 valence electrons. The van der Waals surface area contributed by atoms with Crippen LogP contribution in [0.15, 0.2) is 0 Å². The average molecular weight is 1440 g/mol. The number of hydrogen-bond donors (Lipinski definition) is 26. The SMILES string of the molecule is CC(=O)NC1C(OC2C(O)C(CO)OC(OC(C(O)CO)C(O)C(O)C=O)C2O)OC(CO)C(OC2OC(CO)C(O)C(OC3OC(CO)C(OC4OC(CO)C(O)C(OC5OC(CO)C(O)C(OC6OC(CO)C(O)C(O)C6O)C5NC(C)=O)C4O)C(O)C3NC(C)=O)C2O)C1O. The summed E-state index contributed by atoms with van der Waals surface area (Å²) in [6, 6.07) is -5.62. The molecule has 0 bridgehead atoms. The summed E-state index contributed by atoms with van der Waals surface area (Å²) in [6.45, 7) is -5.85. The van der Waals surface area contributed by atoms with E-state index >= 15 is 0 Å². The van der Waals surface area contributed by atoms with Gasteiger partial charge in [0.15, 0.2) is 50.3 Å². The van der Waals surface area contributed by atoms with Crippen LogP contribution >= 0.6 is 0 Å². The highest BCUT2D eigenvalue weighted by Crippen LogP contribution is 2.39. The second-order valence-corrected chi connectivity index (χ2v) is 24.2. The van der Waals surface area contributed by atoms with Gasteiger partial charge in [-0.2, -0.15) is 0 Å². The van der Waals surface area contributed by atoms with Gasteiger partial charge in [0.1, 0.15) is 195 Å². The van der Waals surface area contributed by atoms with Crippen LogP contribution < -0.4 is 16.0 Å². The maximum atomic E-state index is 12.9. The molecule has 0 aliphatic carbocycles. The molecule has 7 rings (SSSR count). The first-order chi connectivity index (χ1) is 46.4. The van der Waals surface area contributed by atoms with Gasteiger partial charge in [-0.25, -0.2) is 0 Å². The second-order valence-electron chi connectivity index (χ2n) is 24.2. The summed E-state index contributed by atoms with van der Waals surface area (Å²) in [5.41, 5.74) is 0. The van der Waals surface area contributed by atoms with Crippen molar-refractivity contribution in [3.8, 4) is 0 Å². The van der Waals surface area contributed by atoms with Crippen LogP contribution in [0.4, 0.5) is 0 Å². The number of rotatable bonds is 29. The lowest BCUT2D eigenvalue weighted by Gasteiger charge is -2.51. The standard InChI is InChI=1S/C54H91N3O41/c1-13(67)55-25-34(78)42(23(11-65)90-48(25)96-45-31(75)20(8-62)87-52(38(45)82)92-41(17(71)5-59)28(72)16(70)4-58)93-53-39(83)46(32(76)21(9-63)88-53)97-49-26(56-14(2)68)35(79)43(24(12-66)91-49)94-54-40(84)47(33(77)22(10-64)89-54)98-50-27(57-15(3)69)44(30(74)19(7-61)85-50)95-51-37(81)36(80)29(73)18(6-60)86-51/h4,16-54,59-66,70-84H,5-12H2,1-3H3,(H,55,67)(H,56,68)(H,57,69). The fourth-order valence-corrected chi connectivity index (χ4v) is 12.2. The van der Waals surface area contributed by atoms with Crippen LogP contribution in [0.3, 0.4) is 0 Å². The van der Waals surface area contributed by atoms with E-state index in [0.717, 1.165) is 20.8 Å². The molecule has 0 saturated carbocycles. The van der Waals surface area contributed by atoms with Gasteiger partial charge in [0, 0.05) is 20.8 Å². The van der Waals surface area contributed by atoms with Crippen molar-refractivity contribution in [2.24, 2.45) is 0 Å². The van der Waals surface area contributed by atoms with E-state index in [-0.39, 0.29) is 6.29 Å². The van der Waals surface area contributed by atoms with Gasteiger partial charge >= 0.3 is 0 Å². The maximum Gasteiger partial charge on any atom is 0.217 e. The molecule has 0 aromatic rings. The van der Waals surface area contributed by atoms with Crippen LogP contribution in [0.25, 0.3) is 0 Å². The highest BCUT2D eigenvalue weighted by atomic mass is 16.8. The number of amides is 3. The van der Waals surface area contributed by atoms with Crippen LogP contribution in [0, 0.1) is 0 Å². The zero-order valence-corrected chi connectivity index (χ0v) is 52.4. The summed E-state index contributed by atoms with van der Waals surface area (Å²) < 4.78 is 81.0. The Kier molecular flexibility index (Phi) is 30.4. The minimum Gasteiger partial charge on any atom is -0.394 e. The zero-order valence-electron chi connectivity index (χ0n) is 52.4. The lowest BCUT2D eigenvalue weighted by molar-refractivity contribution is -0.388. The van der Waals surface area contributed by atoms with E-state index < -0.39 is 310 Å². The van der Waals surface area contributed by atoms with Gasteiger partial charge < -0.3 is 205 Å². The summed E-state index contributed by atoms with van der Waals surface area (Å²) in [5.74, 6) is -2.76. The summed E-state index contributed by atoms with van der Waals surface area (Å²) >= 11 is 0. The van der Waals surface area contributed by atoms with E-state index in [4.69, 9.17) is 66.3 Å². The fraction of sp³-hybridized carbons (Fsp3) is 0.926. The van der Waals surface area contributed by atoms with Crippen LogP contribution in [-0.2, 0) is 85.5 Å². The molecule has 0 spiro atoms. The monoisotopic (exact) mass is 1440 g/mol. The van der Waals surface area contributed by atoms with Crippen molar-refractivity contribution in [1.29, 1.82) is 0 Å². The topological polar surface area (TPSA) is 699 Å². The first-order valence-corrected chi connectivity index (χ1v) is 30.9. The molecule has 7 aliphatic heterocycles. The van der Waals surface area contributed by atoms with Crippen molar-refractivity contribution < 1.29 is 203 Å². The molecule has 98 heavy (non-hydrogen) atoms. The number of ether oxygens (including phenoxy) is 14. The van der Waals surface area contributed by atoms with E-state index in [9.17, 15) is 137 Å². The molecular weight excluding hydrogens is 1350 g/mol. The third-order valence-corrected chi connectivity index (χ3v) is 17.4. The average Bonchev–Trinajstić information content (AvgIpc) is 0.775. The molecule has 39 unspecified atom stereocenters. The number of hydrogen-bond acceptors (Lipinski definition) is 41. The second kappa shape index (κ2) is 36.3. The number of nitrogens with one attached hydrogen (secondary N) is 3. The van der Waals surface area contributed by atoms with Gasteiger partial charge in [-0.1, -0.05) is 0 Å². The molecule has 26 N–H and O–H groups in total. The van der Waals surface area contributed by atoms with Gasteiger partial charge in [0.2, 0.25) is 17.7 Å². The van der Waals surface area contributed by atoms with Crippen molar-refractivity contribution in [3.63, 3.8) is 0 Å². The molecule has 0 radical (unpaired) electrons. The highest BCUT2D eigenvalue weighted by Gasteiger charge is 2.60. The summed E-state index contributed by atoms with van der Waals surface area (Å²) in [6.07, 6.45) is -73.9. The van der Waals surface area contributed by atoms with Gasteiger partial charge in [0.05, 0.1) is 52.9 Å². The fourth-order valence-electron chi connectivity index (χ4n) is 12.2. The molecule has 7 heterocycles. The summed E-state index contributed by atoms with van der Waals surface area (Å²) in [7, 11) is 0. The Morgan fingerprint density at radius 3 is 0.990 bits per heavy atom. The highest BCUT2D eigenvalue weighted by molar-refractivity contribution is 5.74. The van der Waals surface area contributed by atoms with E-state index in [1.54, 1.807) is 0 Å². The first kappa shape index (κ1) is 81.9. The molecule has 39 atom stereocenters. The van der Waals surface area contributed by atoms with E-state index in [1.165, 1.54) is 0 Å². The quantitative estimate of drug-likeness (QED) is 0.0309. The lowest BCUT2D eigenvalue weighted by atomic mass is 9.93. The molecule has 44 nitrogen and oxygen atoms in total. The number of aliphatic hydroxyl groups is 23. The maximum absolute atomic E-state index is 12.9. The van der Waals surface area contributed by atoms with Crippen molar-refractivity contribution in [2.45, 2.75) is 260 Å². The first-order valence-electron chi connectivity index (χ1n) is 30.9. The van der Waals surface area contributed by atoms with Crippen LogP contribution in [0.1, 0.15) is 20.8 Å². The Bertz CT molecular complexity index is 2490. The number of aldehydes is 1. The van der Waals surface area contributed by atoms with E-state index in [1.807, 2.05) is 0 Å². The molecule has 3 amide bonds. The van der Waals surface area contributed by atoms with Gasteiger partial charge in [-0.05, 0) is 0 Å². The molecule has 7 aliphatic rings. The minimum atomic E-state index is -2.35. The van der Waals surface area contributed by atoms with Crippen molar-refractivity contribution >= 4 is 24.0 Å². The Morgan fingerprint density at radius 2 is 0.633 bits per heavy atom. The van der Waals surface area contributed by atoms with Crippen LogP contribution in [0.5, 0.6) is 0 Å². The Morgan fingerprint density at radius 1 is 0.347 bits per heavy atom. The summed E-state index contributed by atoms with van der Waals surface area (Å²) in [4.78, 5) is 49.6. The molecule has 7 saturated heterocycles.